The summed E-state index contributed by atoms with van der Waals surface area (Å²) in [5.74, 6) is 1.87. The van der Waals surface area contributed by atoms with E-state index < -0.39 is 0 Å². The third kappa shape index (κ3) is 10.1. The number of unbranched alkanes of at least 4 members (excludes halogenated alkanes) is 4. The van der Waals surface area contributed by atoms with Crippen LogP contribution in [0.3, 0.4) is 0 Å². The smallest absolute Gasteiger partial charge is 0.260 e. The first-order valence-corrected chi connectivity index (χ1v) is 17.9. The summed E-state index contributed by atoms with van der Waals surface area (Å²) in [6.07, 6.45) is 7.03. The number of aromatic hydroxyl groups is 1. The molecule has 0 spiro atoms. The Kier molecular flexibility index (Phi) is 12.6. The second kappa shape index (κ2) is 16.4. The summed E-state index contributed by atoms with van der Waals surface area (Å²) in [6, 6.07) is 20.2. The highest BCUT2D eigenvalue weighted by molar-refractivity contribution is 5.78. The summed E-state index contributed by atoms with van der Waals surface area (Å²) < 4.78 is 6.09. The molecular formula is C42H56N4O3. The molecule has 0 unspecified atom stereocenters. The van der Waals surface area contributed by atoms with Gasteiger partial charge in [0.15, 0.2) is 24.1 Å². The lowest BCUT2D eigenvalue weighted by Gasteiger charge is -2.20. The number of likely N-dealkylation sites (N-methyl/N-ethyl adjacent to an activating group) is 1. The Bertz CT molecular complexity index is 1610. The van der Waals surface area contributed by atoms with Crippen LogP contribution in [0.4, 0.5) is 0 Å². The van der Waals surface area contributed by atoms with Crippen molar-refractivity contribution in [3.63, 3.8) is 0 Å². The van der Waals surface area contributed by atoms with Crippen LogP contribution in [0.5, 0.6) is 11.5 Å². The van der Waals surface area contributed by atoms with Gasteiger partial charge >= 0.3 is 0 Å². The zero-order chi connectivity index (χ0) is 35.8. The van der Waals surface area contributed by atoms with Crippen molar-refractivity contribution >= 4 is 5.91 Å². The van der Waals surface area contributed by atoms with Crippen LogP contribution in [0.15, 0.2) is 60.7 Å². The Morgan fingerprint density at radius 3 is 1.71 bits per heavy atom. The molecular weight excluding hydrogens is 608 g/mol. The third-order valence-corrected chi connectivity index (χ3v) is 9.00. The highest BCUT2D eigenvalue weighted by Gasteiger charge is 2.21. The maximum Gasteiger partial charge on any atom is 0.260 e. The molecule has 0 radical (unpaired) electrons. The second-order valence-electron chi connectivity index (χ2n) is 15.2. The van der Waals surface area contributed by atoms with Gasteiger partial charge in [-0.2, -0.15) is 0 Å². The van der Waals surface area contributed by atoms with Crippen LogP contribution in [0, 0.1) is 0 Å². The SMILES string of the molecule is CCCCCCc1cc(-c2nc(-c3ccc(C(C)(C)C)cc3)nc(-c3ccc(C(C)(C)C)cc3)n2)c(O)cc1OCC(=O)N(C)CCCC. The Morgan fingerprint density at radius 1 is 0.714 bits per heavy atom. The summed E-state index contributed by atoms with van der Waals surface area (Å²) in [6.45, 7) is 18.1. The Labute approximate surface area is 294 Å². The molecule has 7 heteroatoms. The third-order valence-electron chi connectivity index (χ3n) is 9.00. The highest BCUT2D eigenvalue weighted by Crippen LogP contribution is 2.37. The molecule has 0 fully saturated rings. The molecule has 1 aromatic heterocycles. The minimum atomic E-state index is -0.0874. The van der Waals surface area contributed by atoms with E-state index in [2.05, 4.69) is 104 Å². The van der Waals surface area contributed by atoms with Crippen LogP contribution < -0.4 is 4.74 Å². The summed E-state index contributed by atoms with van der Waals surface area (Å²) in [4.78, 5) is 29.3. The predicted octanol–water partition coefficient (Wildman–Crippen LogP) is 9.93. The van der Waals surface area contributed by atoms with Crippen LogP contribution in [0.1, 0.15) is 111 Å². The molecule has 0 atom stereocenters. The standard InChI is InChI=1S/C42H56N4O3/c1-10-12-14-15-16-31-26-34(35(47)27-36(31)49-28-37(48)46(9)25-13-11-2)40-44-38(29-17-21-32(22-18-29)41(3,4)5)43-39(45-40)30-19-23-33(24-20-30)42(6,7)8/h17-24,26-27,47H,10-16,25,28H2,1-9H3. The van der Waals surface area contributed by atoms with Crippen molar-refractivity contribution in [2.45, 2.75) is 111 Å². The number of hydrogen-bond acceptors (Lipinski definition) is 6. The van der Waals surface area contributed by atoms with Crippen LogP contribution in [0.2, 0.25) is 0 Å². The molecule has 262 valence electrons. The lowest BCUT2D eigenvalue weighted by atomic mass is 9.86. The number of ether oxygens (including phenoxy) is 1. The Hall–Kier alpha value is -4.26. The molecule has 1 heterocycles. The lowest BCUT2D eigenvalue weighted by Crippen LogP contribution is -2.32. The molecule has 4 rings (SSSR count). The van der Waals surface area contributed by atoms with Gasteiger partial charge in [0.05, 0.1) is 5.56 Å². The number of aromatic nitrogens is 3. The van der Waals surface area contributed by atoms with Crippen molar-refractivity contribution in [1.82, 2.24) is 19.9 Å². The first-order chi connectivity index (χ1) is 23.2. The van der Waals surface area contributed by atoms with Crippen LogP contribution in [-0.4, -0.2) is 51.1 Å². The average molecular weight is 665 g/mol. The van der Waals surface area contributed by atoms with Crippen LogP contribution in [0.25, 0.3) is 34.2 Å². The van der Waals surface area contributed by atoms with Crippen LogP contribution >= 0.6 is 0 Å². The normalized spacial score (nSPS) is 11.9. The van der Waals surface area contributed by atoms with E-state index in [1.54, 1.807) is 18.0 Å². The Morgan fingerprint density at radius 2 is 1.22 bits per heavy atom. The molecule has 0 aliphatic heterocycles. The lowest BCUT2D eigenvalue weighted by molar-refractivity contribution is -0.132. The second-order valence-corrected chi connectivity index (χ2v) is 15.2. The van der Waals surface area contributed by atoms with E-state index in [9.17, 15) is 9.90 Å². The molecule has 3 aromatic carbocycles. The van der Waals surface area contributed by atoms with Crippen molar-refractivity contribution in [2.75, 3.05) is 20.2 Å². The quantitative estimate of drug-likeness (QED) is 0.135. The van der Waals surface area contributed by atoms with Gasteiger partial charge in [0.2, 0.25) is 0 Å². The number of rotatable bonds is 14. The van der Waals surface area contributed by atoms with Gasteiger partial charge < -0.3 is 14.7 Å². The number of carbonyl (C=O) groups excluding carboxylic acids is 1. The number of benzene rings is 3. The molecule has 4 aromatic rings. The van der Waals surface area contributed by atoms with Crippen molar-refractivity contribution in [2.24, 2.45) is 0 Å². The number of hydrogen-bond donors (Lipinski definition) is 1. The van der Waals surface area contributed by atoms with Crippen molar-refractivity contribution in [3.8, 4) is 45.7 Å². The fourth-order valence-corrected chi connectivity index (χ4v) is 5.63. The monoisotopic (exact) mass is 664 g/mol. The number of carbonyl (C=O) groups is 1. The van der Waals surface area contributed by atoms with E-state index in [4.69, 9.17) is 19.7 Å². The molecule has 0 aliphatic carbocycles. The average Bonchev–Trinajstić information content (AvgIpc) is 3.07. The number of phenols is 1. The van der Waals surface area contributed by atoms with Gasteiger partial charge in [-0.25, -0.2) is 15.0 Å². The van der Waals surface area contributed by atoms with E-state index in [1.165, 1.54) is 11.1 Å². The highest BCUT2D eigenvalue weighted by atomic mass is 16.5. The summed E-state index contributed by atoms with van der Waals surface area (Å²) in [7, 11) is 1.80. The van der Waals surface area contributed by atoms with E-state index in [0.717, 1.165) is 61.6 Å². The minimum Gasteiger partial charge on any atom is -0.507 e. The molecule has 1 N–H and O–H groups in total. The zero-order valence-electron chi connectivity index (χ0n) is 31.2. The van der Waals surface area contributed by atoms with E-state index in [-0.39, 0.29) is 29.1 Å². The molecule has 0 aliphatic rings. The Balaban J connectivity index is 1.80. The number of nitrogens with zero attached hydrogens (tertiary/aromatic N) is 4. The van der Waals surface area contributed by atoms with E-state index >= 15 is 0 Å². The summed E-state index contributed by atoms with van der Waals surface area (Å²) in [5.41, 5.74) is 5.64. The zero-order valence-corrected chi connectivity index (χ0v) is 31.2. The van der Waals surface area contributed by atoms with Crippen molar-refractivity contribution in [3.05, 3.63) is 77.4 Å². The van der Waals surface area contributed by atoms with E-state index in [0.29, 0.717) is 35.3 Å². The molecule has 7 nitrogen and oxygen atoms in total. The van der Waals surface area contributed by atoms with Gasteiger partial charge in [-0.05, 0) is 52.8 Å². The molecule has 0 bridgehead atoms. The maximum atomic E-state index is 12.8. The first-order valence-electron chi connectivity index (χ1n) is 17.9. The maximum absolute atomic E-state index is 12.8. The fraction of sp³-hybridized carbons (Fsp3) is 0.476. The van der Waals surface area contributed by atoms with Gasteiger partial charge in [-0.15, -0.1) is 0 Å². The van der Waals surface area contributed by atoms with Crippen LogP contribution in [-0.2, 0) is 22.0 Å². The van der Waals surface area contributed by atoms with E-state index in [1.807, 2.05) is 6.07 Å². The van der Waals surface area contributed by atoms with Gasteiger partial charge in [-0.3, -0.25) is 4.79 Å². The molecule has 0 saturated heterocycles. The minimum absolute atomic E-state index is 0.00615. The molecule has 0 saturated carbocycles. The van der Waals surface area contributed by atoms with Gasteiger partial charge in [0.1, 0.15) is 11.5 Å². The molecule has 49 heavy (non-hydrogen) atoms. The number of amides is 1. The molecule has 1 amide bonds. The van der Waals surface area contributed by atoms with Gasteiger partial charge in [-0.1, -0.05) is 130 Å². The van der Waals surface area contributed by atoms with Crippen molar-refractivity contribution < 1.29 is 14.6 Å². The fourth-order valence-electron chi connectivity index (χ4n) is 5.63. The summed E-state index contributed by atoms with van der Waals surface area (Å²) >= 11 is 0. The van der Waals surface area contributed by atoms with Crippen molar-refractivity contribution in [1.29, 1.82) is 0 Å². The topological polar surface area (TPSA) is 88.4 Å². The predicted molar refractivity (Wildman–Crippen MR) is 201 cm³/mol. The number of aryl methyl sites for hydroxylation is 1. The largest absolute Gasteiger partial charge is 0.507 e. The first kappa shape index (κ1) is 37.6. The van der Waals surface area contributed by atoms with Gasteiger partial charge in [0, 0.05) is 30.8 Å². The summed E-state index contributed by atoms with van der Waals surface area (Å²) in [5, 5.41) is 11.5. The van der Waals surface area contributed by atoms with Gasteiger partial charge in [0.25, 0.3) is 5.91 Å². The number of phenolic OH excluding ortho intramolecular Hbond substituents is 1.